The number of esters is 1. The number of methoxy groups -OCH3 is 1. The highest BCUT2D eigenvalue weighted by molar-refractivity contribution is 5.96. The Balaban J connectivity index is 2.13. The number of nitrogens with one attached hydrogen (secondary N) is 1. The van der Waals surface area contributed by atoms with Crippen LogP contribution >= 0.6 is 0 Å². The third-order valence-electron chi connectivity index (χ3n) is 3.82. The molecule has 0 saturated heterocycles. The summed E-state index contributed by atoms with van der Waals surface area (Å²) in [7, 11) is 1.39. The van der Waals surface area contributed by atoms with Crippen molar-refractivity contribution in [2.24, 2.45) is 5.92 Å². The van der Waals surface area contributed by atoms with Gasteiger partial charge in [0, 0.05) is 17.4 Å². The van der Waals surface area contributed by atoms with Crippen molar-refractivity contribution in [1.29, 1.82) is 0 Å². The maximum Gasteiger partial charge on any atom is 0.340 e. The van der Waals surface area contributed by atoms with Crippen LogP contribution in [0.5, 0.6) is 0 Å². The average Bonchev–Trinajstić information content (AvgIpc) is 2.42. The number of hydrogen-bond donors (Lipinski definition) is 2. The van der Waals surface area contributed by atoms with Gasteiger partial charge in [-0.1, -0.05) is 6.92 Å². The second-order valence-corrected chi connectivity index (χ2v) is 5.40. The van der Waals surface area contributed by atoms with Crippen molar-refractivity contribution in [3.63, 3.8) is 0 Å². The number of benzene rings is 1. The number of anilines is 2. The summed E-state index contributed by atoms with van der Waals surface area (Å²) in [5.74, 6) is 0.462. The molecule has 2 rings (SSSR count). The van der Waals surface area contributed by atoms with Crippen LogP contribution < -0.4 is 11.1 Å². The maximum absolute atomic E-state index is 11.8. The number of carbonyl (C=O) groups excluding carboxylic acids is 1. The number of rotatable bonds is 3. The molecule has 0 bridgehead atoms. The first-order valence-electron chi connectivity index (χ1n) is 6.84. The van der Waals surface area contributed by atoms with E-state index in [9.17, 15) is 4.79 Å². The van der Waals surface area contributed by atoms with Crippen LogP contribution in [0.2, 0.25) is 0 Å². The zero-order chi connectivity index (χ0) is 13.8. The quantitative estimate of drug-likeness (QED) is 0.649. The minimum absolute atomic E-state index is 0.348. The summed E-state index contributed by atoms with van der Waals surface area (Å²) in [6, 6.07) is 5.77. The minimum atomic E-state index is -0.348. The molecule has 4 heteroatoms. The van der Waals surface area contributed by atoms with E-state index in [2.05, 4.69) is 12.2 Å². The van der Waals surface area contributed by atoms with Gasteiger partial charge in [0.15, 0.2) is 0 Å². The lowest BCUT2D eigenvalue weighted by molar-refractivity contribution is 0.0602. The number of nitrogen functional groups attached to an aromatic ring is 1. The molecule has 1 fully saturated rings. The van der Waals surface area contributed by atoms with Gasteiger partial charge in [-0.3, -0.25) is 0 Å². The van der Waals surface area contributed by atoms with Crippen LogP contribution in [0.25, 0.3) is 0 Å². The standard InChI is InChI=1S/C15H22N2O2/c1-10-3-6-12(7-4-10)17-14-8-5-11(16)9-13(14)15(18)19-2/h5,8-10,12,17H,3-4,6-7,16H2,1-2H3. The van der Waals surface area contributed by atoms with Gasteiger partial charge in [-0.15, -0.1) is 0 Å². The lowest BCUT2D eigenvalue weighted by atomic mass is 9.87. The van der Waals surface area contributed by atoms with Crippen LogP contribution in [0.3, 0.4) is 0 Å². The van der Waals surface area contributed by atoms with Crippen molar-refractivity contribution in [2.75, 3.05) is 18.2 Å². The highest BCUT2D eigenvalue weighted by Crippen LogP contribution is 2.28. The van der Waals surface area contributed by atoms with Gasteiger partial charge in [-0.05, 0) is 49.8 Å². The fourth-order valence-electron chi connectivity index (χ4n) is 2.59. The molecule has 3 N–H and O–H groups in total. The third-order valence-corrected chi connectivity index (χ3v) is 3.82. The monoisotopic (exact) mass is 262 g/mol. The zero-order valence-electron chi connectivity index (χ0n) is 11.6. The van der Waals surface area contributed by atoms with Crippen molar-refractivity contribution in [2.45, 2.75) is 38.6 Å². The molecule has 1 aromatic rings. The van der Waals surface area contributed by atoms with Crippen LogP contribution in [-0.2, 0) is 4.74 Å². The van der Waals surface area contributed by atoms with E-state index in [1.165, 1.54) is 20.0 Å². The number of hydrogen-bond acceptors (Lipinski definition) is 4. The topological polar surface area (TPSA) is 64.3 Å². The van der Waals surface area contributed by atoms with Gasteiger partial charge < -0.3 is 15.8 Å². The molecule has 0 spiro atoms. The molecule has 0 radical (unpaired) electrons. The summed E-state index contributed by atoms with van der Waals surface area (Å²) >= 11 is 0. The van der Waals surface area contributed by atoms with Crippen molar-refractivity contribution < 1.29 is 9.53 Å². The molecule has 0 heterocycles. The molecule has 19 heavy (non-hydrogen) atoms. The van der Waals surface area contributed by atoms with Crippen molar-refractivity contribution in [3.8, 4) is 0 Å². The van der Waals surface area contributed by atoms with E-state index in [1.54, 1.807) is 12.1 Å². The number of carbonyl (C=O) groups is 1. The van der Waals surface area contributed by atoms with E-state index in [1.807, 2.05) is 6.07 Å². The molecule has 0 amide bonds. The van der Waals surface area contributed by atoms with Crippen molar-refractivity contribution in [1.82, 2.24) is 0 Å². The summed E-state index contributed by atoms with van der Waals surface area (Å²) in [5, 5.41) is 3.46. The molecule has 1 aliphatic rings. The predicted molar refractivity (Wildman–Crippen MR) is 77.2 cm³/mol. The molecule has 0 aliphatic heterocycles. The zero-order valence-corrected chi connectivity index (χ0v) is 11.6. The second-order valence-electron chi connectivity index (χ2n) is 5.40. The van der Waals surface area contributed by atoms with Crippen LogP contribution in [0.4, 0.5) is 11.4 Å². The molecule has 1 saturated carbocycles. The van der Waals surface area contributed by atoms with E-state index < -0.39 is 0 Å². The van der Waals surface area contributed by atoms with Crippen LogP contribution in [-0.4, -0.2) is 19.1 Å². The van der Waals surface area contributed by atoms with E-state index >= 15 is 0 Å². The number of ether oxygens (including phenoxy) is 1. The van der Waals surface area contributed by atoms with Gasteiger partial charge >= 0.3 is 5.97 Å². The highest BCUT2D eigenvalue weighted by atomic mass is 16.5. The van der Waals surface area contributed by atoms with E-state index in [4.69, 9.17) is 10.5 Å². The third kappa shape index (κ3) is 3.40. The smallest absolute Gasteiger partial charge is 0.340 e. The molecular formula is C15H22N2O2. The first-order valence-corrected chi connectivity index (χ1v) is 6.84. The van der Waals surface area contributed by atoms with Crippen LogP contribution in [0, 0.1) is 5.92 Å². The summed E-state index contributed by atoms with van der Waals surface area (Å²) in [4.78, 5) is 11.8. The van der Waals surface area contributed by atoms with Gasteiger partial charge in [-0.2, -0.15) is 0 Å². The lowest BCUT2D eigenvalue weighted by Crippen LogP contribution is -2.26. The van der Waals surface area contributed by atoms with E-state index in [0.29, 0.717) is 17.3 Å². The Morgan fingerprint density at radius 1 is 1.32 bits per heavy atom. The molecule has 1 aromatic carbocycles. The summed E-state index contributed by atoms with van der Waals surface area (Å²) in [6.45, 7) is 2.29. The van der Waals surface area contributed by atoms with Gasteiger partial charge in [0.05, 0.1) is 12.7 Å². The molecule has 1 aliphatic carbocycles. The molecule has 0 atom stereocenters. The van der Waals surface area contributed by atoms with Gasteiger partial charge in [-0.25, -0.2) is 4.79 Å². The second kappa shape index (κ2) is 5.95. The van der Waals surface area contributed by atoms with E-state index in [0.717, 1.165) is 24.4 Å². The van der Waals surface area contributed by atoms with Crippen LogP contribution in [0.1, 0.15) is 43.0 Å². The first kappa shape index (κ1) is 13.7. The fraction of sp³-hybridized carbons (Fsp3) is 0.533. The lowest BCUT2D eigenvalue weighted by Gasteiger charge is -2.28. The maximum atomic E-state index is 11.8. The minimum Gasteiger partial charge on any atom is -0.465 e. The Hall–Kier alpha value is -1.71. The highest BCUT2D eigenvalue weighted by Gasteiger charge is 2.20. The van der Waals surface area contributed by atoms with Crippen molar-refractivity contribution in [3.05, 3.63) is 23.8 Å². The largest absolute Gasteiger partial charge is 0.465 e. The number of nitrogens with two attached hydrogens (primary N) is 1. The average molecular weight is 262 g/mol. The Bertz CT molecular complexity index is 451. The predicted octanol–water partition coefficient (Wildman–Crippen LogP) is 3.05. The molecule has 0 unspecified atom stereocenters. The first-order chi connectivity index (χ1) is 9.10. The Kier molecular flexibility index (Phi) is 4.30. The molecule has 4 nitrogen and oxygen atoms in total. The summed E-state index contributed by atoms with van der Waals surface area (Å²) < 4.78 is 4.80. The van der Waals surface area contributed by atoms with Gasteiger partial charge in [0.1, 0.15) is 0 Å². The summed E-state index contributed by atoms with van der Waals surface area (Å²) in [6.07, 6.45) is 4.76. The Morgan fingerprint density at radius 3 is 2.63 bits per heavy atom. The molecule has 0 aromatic heterocycles. The van der Waals surface area contributed by atoms with Gasteiger partial charge in [0.25, 0.3) is 0 Å². The normalized spacial score (nSPS) is 22.8. The Labute approximate surface area is 114 Å². The molecule has 104 valence electrons. The molecular weight excluding hydrogens is 240 g/mol. The SMILES string of the molecule is COC(=O)c1cc(N)ccc1NC1CCC(C)CC1. The van der Waals surface area contributed by atoms with Gasteiger partial charge in [0.2, 0.25) is 0 Å². The van der Waals surface area contributed by atoms with Crippen LogP contribution in [0.15, 0.2) is 18.2 Å². The Morgan fingerprint density at radius 2 is 2.00 bits per heavy atom. The van der Waals surface area contributed by atoms with Crippen molar-refractivity contribution >= 4 is 17.3 Å². The fourth-order valence-corrected chi connectivity index (χ4v) is 2.59. The van der Waals surface area contributed by atoms with E-state index in [-0.39, 0.29) is 5.97 Å². The summed E-state index contributed by atoms with van der Waals surface area (Å²) in [5.41, 5.74) is 7.64.